The normalized spacial score (nSPS) is 18.1. The number of amides is 1. The fraction of sp³-hybridized carbons (Fsp3) is 0.462. The van der Waals surface area contributed by atoms with E-state index in [0.29, 0.717) is 18.5 Å². The third-order valence-electron chi connectivity index (χ3n) is 3.24. The van der Waals surface area contributed by atoms with Crippen LogP contribution in [0, 0.1) is 0 Å². The fourth-order valence-corrected chi connectivity index (χ4v) is 2.44. The van der Waals surface area contributed by atoms with Gasteiger partial charge in [0.2, 0.25) is 5.91 Å². The molecule has 1 amide bonds. The first-order valence-corrected chi connectivity index (χ1v) is 5.95. The van der Waals surface area contributed by atoms with Crippen molar-refractivity contribution in [3.63, 3.8) is 0 Å². The molecule has 0 fully saturated rings. The lowest BCUT2D eigenvalue weighted by molar-refractivity contribution is 0.0999. The first-order chi connectivity index (χ1) is 8.24. The summed E-state index contributed by atoms with van der Waals surface area (Å²) >= 11 is 0. The van der Waals surface area contributed by atoms with Gasteiger partial charge < -0.3 is 11.1 Å². The van der Waals surface area contributed by atoms with Crippen LogP contribution in [0.5, 0.6) is 0 Å². The van der Waals surface area contributed by atoms with E-state index in [0.717, 1.165) is 24.0 Å². The number of halogens is 1. The van der Waals surface area contributed by atoms with E-state index in [-0.39, 0.29) is 18.6 Å². The van der Waals surface area contributed by atoms with Crippen LogP contribution < -0.4 is 11.1 Å². The van der Waals surface area contributed by atoms with Crippen LogP contribution in [0.2, 0.25) is 0 Å². The van der Waals surface area contributed by atoms with Crippen LogP contribution in [0.3, 0.4) is 0 Å². The lowest BCUT2D eigenvalue weighted by atomic mass is 10.0. The van der Waals surface area contributed by atoms with Crippen molar-refractivity contribution in [1.82, 2.24) is 5.32 Å². The van der Waals surface area contributed by atoms with Crippen LogP contribution in [0.25, 0.3) is 0 Å². The molecule has 0 radical (unpaired) electrons. The number of carbonyl (C=O) groups is 1. The summed E-state index contributed by atoms with van der Waals surface area (Å²) < 4.78 is 12.0. The smallest absolute Gasteiger partial charge is 0.248 e. The summed E-state index contributed by atoms with van der Waals surface area (Å²) in [5, 5.41) is 3.31. The minimum absolute atomic E-state index is 0.232. The van der Waals surface area contributed by atoms with E-state index < -0.39 is 0 Å². The topological polar surface area (TPSA) is 55.1 Å². The van der Waals surface area contributed by atoms with Gasteiger partial charge in [0.15, 0.2) is 0 Å². The van der Waals surface area contributed by atoms with Crippen molar-refractivity contribution in [2.24, 2.45) is 5.73 Å². The third-order valence-corrected chi connectivity index (χ3v) is 3.24. The number of fused-ring (bicyclic) bond motifs is 1. The molecule has 0 bridgehead atoms. The lowest BCUT2D eigenvalue weighted by Gasteiger charge is -2.13. The van der Waals surface area contributed by atoms with Gasteiger partial charge >= 0.3 is 0 Å². The average molecular weight is 236 g/mol. The summed E-state index contributed by atoms with van der Waals surface area (Å²) in [5.74, 6) is -0.369. The van der Waals surface area contributed by atoms with Crippen LogP contribution in [0.1, 0.15) is 40.4 Å². The molecule has 3 nitrogen and oxygen atoms in total. The first-order valence-electron chi connectivity index (χ1n) is 5.95. The molecule has 0 aliphatic heterocycles. The van der Waals surface area contributed by atoms with Gasteiger partial charge in [0.25, 0.3) is 0 Å². The Balaban J connectivity index is 2.15. The summed E-state index contributed by atoms with van der Waals surface area (Å²) in [5.41, 5.74) is 8.16. The van der Waals surface area contributed by atoms with Gasteiger partial charge in [-0.15, -0.1) is 0 Å². The zero-order chi connectivity index (χ0) is 12.3. The fourth-order valence-electron chi connectivity index (χ4n) is 2.44. The Hall–Kier alpha value is -1.42. The van der Waals surface area contributed by atoms with E-state index >= 15 is 0 Å². The van der Waals surface area contributed by atoms with Gasteiger partial charge in [-0.05, 0) is 43.0 Å². The molecule has 17 heavy (non-hydrogen) atoms. The molecule has 3 N–H and O–H groups in total. The molecule has 4 heteroatoms. The maximum atomic E-state index is 12.0. The van der Waals surface area contributed by atoms with E-state index in [1.165, 1.54) is 0 Å². The van der Waals surface area contributed by atoms with Crippen LogP contribution >= 0.6 is 0 Å². The van der Waals surface area contributed by atoms with Crippen molar-refractivity contribution in [3.8, 4) is 0 Å². The molecule has 1 aromatic carbocycles. The van der Waals surface area contributed by atoms with Crippen molar-refractivity contribution in [3.05, 3.63) is 34.9 Å². The maximum Gasteiger partial charge on any atom is 0.248 e. The van der Waals surface area contributed by atoms with Crippen molar-refractivity contribution in [1.29, 1.82) is 0 Å². The lowest BCUT2D eigenvalue weighted by Crippen LogP contribution is -2.21. The van der Waals surface area contributed by atoms with Crippen LogP contribution in [-0.2, 0) is 6.42 Å². The number of hydrogen-bond acceptors (Lipinski definition) is 2. The van der Waals surface area contributed by atoms with Gasteiger partial charge in [-0.25, -0.2) is 0 Å². The average Bonchev–Trinajstić information content (AvgIpc) is 2.72. The Morgan fingerprint density at radius 3 is 3.06 bits per heavy atom. The van der Waals surface area contributed by atoms with E-state index in [9.17, 15) is 9.18 Å². The molecule has 1 aliphatic carbocycles. The van der Waals surface area contributed by atoms with E-state index in [1.54, 1.807) is 6.07 Å². The highest BCUT2D eigenvalue weighted by Crippen LogP contribution is 2.33. The number of rotatable bonds is 5. The van der Waals surface area contributed by atoms with Gasteiger partial charge in [-0.3, -0.25) is 9.18 Å². The largest absolute Gasteiger partial charge is 0.366 e. The second-order valence-electron chi connectivity index (χ2n) is 4.33. The number of benzene rings is 1. The predicted molar refractivity (Wildman–Crippen MR) is 64.6 cm³/mol. The molecule has 1 unspecified atom stereocenters. The molecule has 1 aromatic rings. The zero-order valence-corrected chi connectivity index (χ0v) is 9.71. The molecule has 0 aromatic heterocycles. The van der Waals surface area contributed by atoms with Crippen LogP contribution in [-0.4, -0.2) is 19.1 Å². The summed E-state index contributed by atoms with van der Waals surface area (Å²) in [6.07, 6.45) is 2.34. The molecule has 2 rings (SSSR count). The number of nitrogens with two attached hydrogens (primary N) is 1. The molecule has 0 spiro atoms. The summed E-state index contributed by atoms with van der Waals surface area (Å²) in [6, 6.07) is 5.87. The van der Waals surface area contributed by atoms with Gasteiger partial charge in [-0.2, -0.15) is 0 Å². The van der Waals surface area contributed by atoms with Crippen LogP contribution in [0.4, 0.5) is 4.39 Å². The number of alkyl halides is 1. The number of nitrogens with one attached hydrogen (secondary N) is 1. The Morgan fingerprint density at radius 1 is 1.53 bits per heavy atom. The molecular formula is C13H17FN2O. The van der Waals surface area contributed by atoms with Gasteiger partial charge in [-0.1, -0.05) is 12.1 Å². The minimum atomic E-state index is -0.369. The highest BCUT2D eigenvalue weighted by Gasteiger charge is 2.25. The quantitative estimate of drug-likeness (QED) is 0.765. The predicted octanol–water partition coefficient (Wildman–Crippen LogP) is 1.72. The van der Waals surface area contributed by atoms with Crippen molar-refractivity contribution in [2.45, 2.75) is 25.3 Å². The Labute approximate surface area is 100 Å². The molecule has 1 aliphatic rings. The molecular weight excluding hydrogens is 219 g/mol. The number of hydrogen-bond donors (Lipinski definition) is 2. The van der Waals surface area contributed by atoms with E-state index in [2.05, 4.69) is 5.32 Å². The second kappa shape index (κ2) is 5.27. The summed E-state index contributed by atoms with van der Waals surface area (Å²) in [6.45, 7) is 0.370. The number of primary amides is 1. The SMILES string of the molecule is NC(=O)c1cccc2c1CCC2NCCCF. The van der Waals surface area contributed by atoms with E-state index in [4.69, 9.17) is 5.73 Å². The van der Waals surface area contributed by atoms with Crippen LogP contribution in [0.15, 0.2) is 18.2 Å². The Kier molecular flexibility index (Phi) is 3.74. The van der Waals surface area contributed by atoms with Gasteiger partial charge in [0, 0.05) is 11.6 Å². The molecule has 0 saturated heterocycles. The first kappa shape index (κ1) is 12.0. The Bertz CT molecular complexity index is 420. The zero-order valence-electron chi connectivity index (χ0n) is 9.71. The third kappa shape index (κ3) is 2.47. The summed E-state index contributed by atoms with van der Waals surface area (Å²) in [7, 11) is 0. The standard InChI is InChI=1S/C13H17FN2O/c14-7-2-8-16-12-6-5-9-10(12)3-1-4-11(9)13(15)17/h1,3-4,12,16H,2,5-8H2,(H2,15,17). The second-order valence-corrected chi connectivity index (χ2v) is 4.33. The molecule has 92 valence electrons. The van der Waals surface area contributed by atoms with Crippen molar-refractivity contribution < 1.29 is 9.18 Å². The molecule has 0 saturated carbocycles. The maximum absolute atomic E-state index is 12.0. The summed E-state index contributed by atoms with van der Waals surface area (Å²) in [4.78, 5) is 11.3. The molecule has 0 heterocycles. The monoisotopic (exact) mass is 236 g/mol. The van der Waals surface area contributed by atoms with Crippen molar-refractivity contribution in [2.75, 3.05) is 13.2 Å². The van der Waals surface area contributed by atoms with Gasteiger partial charge in [0.05, 0.1) is 6.67 Å². The Morgan fingerprint density at radius 2 is 2.35 bits per heavy atom. The van der Waals surface area contributed by atoms with Gasteiger partial charge in [0.1, 0.15) is 0 Å². The van der Waals surface area contributed by atoms with Crippen molar-refractivity contribution >= 4 is 5.91 Å². The minimum Gasteiger partial charge on any atom is -0.366 e. The molecule has 1 atom stereocenters. The van der Waals surface area contributed by atoms with E-state index in [1.807, 2.05) is 12.1 Å². The highest BCUT2D eigenvalue weighted by molar-refractivity contribution is 5.94. The number of carbonyl (C=O) groups excluding carboxylic acids is 1. The highest BCUT2D eigenvalue weighted by atomic mass is 19.1.